The minimum Gasteiger partial charge on any atom is -0.497 e. The number of aromatic nitrogens is 1. The minimum atomic E-state index is -0.720. The van der Waals surface area contributed by atoms with Crippen molar-refractivity contribution in [3.63, 3.8) is 0 Å². The zero-order valence-electron chi connectivity index (χ0n) is 16.3. The van der Waals surface area contributed by atoms with Crippen molar-refractivity contribution >= 4 is 17.5 Å². The van der Waals surface area contributed by atoms with Gasteiger partial charge in [-0.15, -0.1) is 0 Å². The van der Waals surface area contributed by atoms with E-state index in [1.807, 2.05) is 26.0 Å². The smallest absolute Gasteiger partial charge is 0.269 e. The van der Waals surface area contributed by atoms with E-state index >= 15 is 0 Å². The summed E-state index contributed by atoms with van der Waals surface area (Å²) < 4.78 is 5.27. The number of ketones is 2. The molecule has 1 aliphatic carbocycles. The van der Waals surface area contributed by atoms with Crippen LogP contribution in [0.25, 0.3) is 0 Å². The van der Waals surface area contributed by atoms with Crippen molar-refractivity contribution in [3.05, 3.63) is 58.9 Å². The molecule has 1 aliphatic rings. The van der Waals surface area contributed by atoms with Gasteiger partial charge in [-0.25, -0.2) is 0 Å². The van der Waals surface area contributed by atoms with Crippen LogP contribution in [0.2, 0.25) is 0 Å². The lowest BCUT2D eigenvalue weighted by molar-refractivity contribution is -0.124. The second-order valence-corrected chi connectivity index (χ2v) is 7.14. The number of Topliss-reactive ketones (excluding diaryl/α,β-unsaturated/α-hetero) is 2. The highest BCUT2D eigenvalue weighted by molar-refractivity contribution is 6.15. The molecule has 1 N–H and O–H groups in total. The summed E-state index contributed by atoms with van der Waals surface area (Å²) in [6, 6.07) is 8.81. The van der Waals surface area contributed by atoms with Gasteiger partial charge in [-0.1, -0.05) is 6.07 Å². The van der Waals surface area contributed by atoms with Crippen LogP contribution < -0.4 is 10.1 Å². The van der Waals surface area contributed by atoms with Crippen LogP contribution in [0.1, 0.15) is 45.9 Å². The SMILES string of the molecule is COc1cc(C)c(C2C(=O)CC(CCNC(=O)c3ccccn3)C2=O)c(C)c1. The molecule has 0 bridgehead atoms. The van der Waals surface area contributed by atoms with Crippen LogP contribution >= 0.6 is 0 Å². The average molecular weight is 380 g/mol. The van der Waals surface area contributed by atoms with E-state index in [1.165, 1.54) is 0 Å². The lowest BCUT2D eigenvalue weighted by Gasteiger charge is -2.17. The number of hydrogen-bond donors (Lipinski definition) is 1. The lowest BCUT2D eigenvalue weighted by atomic mass is 9.87. The molecule has 0 spiro atoms. The first-order valence-corrected chi connectivity index (χ1v) is 9.33. The van der Waals surface area contributed by atoms with Crippen molar-refractivity contribution in [2.45, 2.75) is 32.6 Å². The van der Waals surface area contributed by atoms with Gasteiger partial charge in [-0.2, -0.15) is 0 Å². The van der Waals surface area contributed by atoms with Gasteiger partial charge in [0.05, 0.1) is 7.11 Å². The maximum absolute atomic E-state index is 12.9. The number of ether oxygens (including phenoxy) is 1. The molecule has 2 atom stereocenters. The molecule has 2 unspecified atom stereocenters. The van der Waals surface area contributed by atoms with Crippen molar-refractivity contribution in [2.75, 3.05) is 13.7 Å². The highest BCUT2D eigenvalue weighted by atomic mass is 16.5. The van der Waals surface area contributed by atoms with Crippen LogP contribution in [0, 0.1) is 19.8 Å². The third-order valence-corrected chi connectivity index (χ3v) is 5.22. The molecule has 1 saturated carbocycles. The number of nitrogens with zero attached hydrogens (tertiary/aromatic N) is 1. The number of pyridine rings is 1. The van der Waals surface area contributed by atoms with E-state index in [4.69, 9.17) is 4.74 Å². The van der Waals surface area contributed by atoms with E-state index in [0.29, 0.717) is 24.4 Å². The Morgan fingerprint density at radius 3 is 2.54 bits per heavy atom. The van der Waals surface area contributed by atoms with Gasteiger partial charge in [0.1, 0.15) is 23.1 Å². The van der Waals surface area contributed by atoms with Crippen molar-refractivity contribution in [1.82, 2.24) is 10.3 Å². The van der Waals surface area contributed by atoms with E-state index < -0.39 is 5.92 Å². The minimum absolute atomic E-state index is 0.0533. The first kappa shape index (κ1) is 19.7. The first-order chi connectivity index (χ1) is 13.4. The molecule has 28 heavy (non-hydrogen) atoms. The molecule has 146 valence electrons. The van der Waals surface area contributed by atoms with Crippen LogP contribution in [0.4, 0.5) is 0 Å². The maximum Gasteiger partial charge on any atom is 0.269 e. The van der Waals surface area contributed by atoms with Crippen molar-refractivity contribution in [3.8, 4) is 5.75 Å². The standard InChI is InChI=1S/C22H24N2O4/c1-13-10-16(28-3)11-14(2)19(13)20-18(25)12-15(21(20)26)7-9-24-22(27)17-6-4-5-8-23-17/h4-6,8,10-11,15,20H,7,9,12H2,1-3H3,(H,24,27). The second-order valence-electron chi connectivity index (χ2n) is 7.14. The molecule has 2 aromatic rings. The van der Waals surface area contributed by atoms with Crippen molar-refractivity contribution in [2.24, 2.45) is 5.92 Å². The molecule has 0 aliphatic heterocycles. The predicted octanol–water partition coefficient (Wildman–Crippen LogP) is 2.77. The molecule has 1 fully saturated rings. The number of benzene rings is 1. The zero-order chi connectivity index (χ0) is 20.3. The van der Waals surface area contributed by atoms with Crippen molar-refractivity contribution < 1.29 is 19.1 Å². The molecular formula is C22H24N2O4. The monoisotopic (exact) mass is 380 g/mol. The van der Waals surface area contributed by atoms with Gasteiger partial charge in [-0.3, -0.25) is 19.4 Å². The largest absolute Gasteiger partial charge is 0.497 e. The molecule has 3 rings (SSSR count). The second kappa shape index (κ2) is 8.33. The lowest BCUT2D eigenvalue weighted by Crippen LogP contribution is -2.27. The summed E-state index contributed by atoms with van der Waals surface area (Å²) in [6.45, 7) is 4.12. The van der Waals surface area contributed by atoms with Crippen LogP contribution in [0.3, 0.4) is 0 Å². The Bertz CT molecular complexity index is 885. The summed E-state index contributed by atoms with van der Waals surface area (Å²) in [5, 5.41) is 2.77. The summed E-state index contributed by atoms with van der Waals surface area (Å²) in [5.74, 6) is -0.776. The summed E-state index contributed by atoms with van der Waals surface area (Å²) in [6.07, 6.45) is 2.21. The van der Waals surface area contributed by atoms with Gasteiger partial charge in [0, 0.05) is 25.1 Å². The van der Waals surface area contributed by atoms with Crippen LogP contribution in [0.5, 0.6) is 5.75 Å². The number of rotatable bonds is 6. The molecule has 0 radical (unpaired) electrons. The molecule has 1 aromatic carbocycles. The van der Waals surface area contributed by atoms with Crippen molar-refractivity contribution in [1.29, 1.82) is 0 Å². The molecule has 1 aromatic heterocycles. The number of aryl methyl sites for hydroxylation is 2. The van der Waals surface area contributed by atoms with E-state index in [1.54, 1.807) is 31.5 Å². The fraction of sp³-hybridized carbons (Fsp3) is 0.364. The Morgan fingerprint density at radius 2 is 1.93 bits per heavy atom. The predicted molar refractivity (Wildman–Crippen MR) is 105 cm³/mol. The molecule has 1 amide bonds. The highest BCUT2D eigenvalue weighted by Crippen LogP contribution is 2.38. The number of amides is 1. The zero-order valence-corrected chi connectivity index (χ0v) is 16.3. The maximum atomic E-state index is 12.9. The Labute approximate surface area is 164 Å². The van der Waals surface area contributed by atoms with Crippen LogP contribution in [0.15, 0.2) is 36.5 Å². The molecule has 6 heteroatoms. The van der Waals surface area contributed by atoms with E-state index in [0.717, 1.165) is 16.7 Å². The Balaban J connectivity index is 1.66. The number of carbonyl (C=O) groups excluding carboxylic acids is 3. The van der Waals surface area contributed by atoms with Crippen LogP contribution in [-0.2, 0) is 9.59 Å². The van der Waals surface area contributed by atoms with Gasteiger partial charge in [0.15, 0.2) is 5.78 Å². The van der Waals surface area contributed by atoms with Gasteiger partial charge >= 0.3 is 0 Å². The average Bonchev–Trinajstić information content (AvgIpc) is 2.96. The molecular weight excluding hydrogens is 356 g/mol. The topological polar surface area (TPSA) is 85.4 Å². The summed E-state index contributed by atoms with van der Waals surface area (Å²) in [5.41, 5.74) is 2.88. The number of hydrogen-bond acceptors (Lipinski definition) is 5. The summed E-state index contributed by atoms with van der Waals surface area (Å²) in [4.78, 5) is 41.6. The van der Waals surface area contributed by atoms with Gasteiger partial charge in [0.25, 0.3) is 5.91 Å². The quantitative estimate of drug-likeness (QED) is 0.779. The van der Waals surface area contributed by atoms with E-state index in [9.17, 15) is 14.4 Å². The number of methoxy groups -OCH3 is 1. The fourth-order valence-corrected chi connectivity index (χ4v) is 3.86. The van der Waals surface area contributed by atoms with E-state index in [-0.39, 0.29) is 29.8 Å². The number of carbonyl (C=O) groups is 3. The first-order valence-electron chi connectivity index (χ1n) is 9.33. The van der Waals surface area contributed by atoms with Gasteiger partial charge < -0.3 is 10.1 Å². The van der Waals surface area contributed by atoms with E-state index in [2.05, 4.69) is 10.3 Å². The third-order valence-electron chi connectivity index (χ3n) is 5.22. The van der Waals surface area contributed by atoms with Gasteiger partial charge in [0.2, 0.25) is 0 Å². The molecule has 1 heterocycles. The van der Waals surface area contributed by atoms with Gasteiger partial charge in [-0.05, 0) is 61.2 Å². The summed E-state index contributed by atoms with van der Waals surface area (Å²) in [7, 11) is 1.59. The Hall–Kier alpha value is -3.02. The Kier molecular flexibility index (Phi) is 5.87. The third kappa shape index (κ3) is 3.96. The number of nitrogens with one attached hydrogen (secondary N) is 1. The normalized spacial score (nSPS) is 19.0. The van der Waals surface area contributed by atoms with Crippen LogP contribution in [-0.4, -0.2) is 36.1 Å². The fourth-order valence-electron chi connectivity index (χ4n) is 3.86. The Morgan fingerprint density at radius 1 is 1.21 bits per heavy atom. The molecule has 6 nitrogen and oxygen atoms in total. The highest BCUT2D eigenvalue weighted by Gasteiger charge is 2.42. The summed E-state index contributed by atoms with van der Waals surface area (Å²) >= 11 is 0. The molecule has 0 saturated heterocycles.